The summed E-state index contributed by atoms with van der Waals surface area (Å²) in [6.07, 6.45) is 0.708. The van der Waals surface area contributed by atoms with Crippen molar-refractivity contribution in [2.24, 2.45) is 4.99 Å². The van der Waals surface area contributed by atoms with Crippen LogP contribution in [-0.4, -0.2) is 122 Å². The summed E-state index contributed by atoms with van der Waals surface area (Å²) in [6, 6.07) is 27.2. The number of nitriles is 1. The van der Waals surface area contributed by atoms with Crippen LogP contribution >= 0.6 is 8.53 Å². The first-order valence-electron chi connectivity index (χ1n) is 24.5. The van der Waals surface area contributed by atoms with Gasteiger partial charge in [-0.1, -0.05) is 67.4 Å². The number of carbonyl (C=O) groups excluding carboxylic acids is 2. The van der Waals surface area contributed by atoms with E-state index < -0.39 is 56.2 Å². The molecule has 0 spiro atoms. The molecular formula is C53H68F3N8O9P. The maximum Gasteiger partial charge on any atom is 0.471 e. The second-order valence-corrected chi connectivity index (χ2v) is 19.5. The predicted molar refractivity (Wildman–Crippen MR) is 277 cm³/mol. The zero-order valence-corrected chi connectivity index (χ0v) is 44.1. The molecule has 1 aliphatic rings. The largest absolute Gasteiger partial charge is 0.497 e. The van der Waals surface area contributed by atoms with Crippen LogP contribution in [0.2, 0.25) is 0 Å². The van der Waals surface area contributed by atoms with Crippen LogP contribution in [0, 0.1) is 11.3 Å². The Hall–Kier alpha value is -6.20. The molecule has 2 heterocycles. The third-order valence-corrected chi connectivity index (χ3v) is 13.9. The van der Waals surface area contributed by atoms with Crippen molar-refractivity contribution in [3.63, 3.8) is 0 Å². The van der Waals surface area contributed by atoms with E-state index in [0.29, 0.717) is 49.3 Å². The highest BCUT2D eigenvalue weighted by Gasteiger charge is 2.45. The molecule has 0 radical (unpaired) electrons. The van der Waals surface area contributed by atoms with E-state index in [9.17, 15) is 32.8 Å². The topological polar surface area (TPSA) is 191 Å². The molecule has 0 bridgehead atoms. The summed E-state index contributed by atoms with van der Waals surface area (Å²) in [5.41, 5.74) is 0.824. The Balaban J connectivity index is 1.50. The number of methoxy groups -OCH3 is 2. The first kappa shape index (κ1) is 58.7. The van der Waals surface area contributed by atoms with Gasteiger partial charge in [0.05, 0.1) is 52.4 Å². The summed E-state index contributed by atoms with van der Waals surface area (Å²) in [4.78, 5) is 48.7. The lowest BCUT2D eigenvalue weighted by Crippen LogP contribution is -2.39. The van der Waals surface area contributed by atoms with Gasteiger partial charge in [0.25, 0.3) is 8.53 Å². The number of aliphatic imine (C=N–C) groups is 1. The van der Waals surface area contributed by atoms with Gasteiger partial charge in [0.2, 0.25) is 5.91 Å². The van der Waals surface area contributed by atoms with Crippen molar-refractivity contribution >= 4 is 38.6 Å². The van der Waals surface area contributed by atoms with Crippen molar-refractivity contribution in [1.29, 1.82) is 5.26 Å². The predicted octanol–water partition coefficient (Wildman–Crippen LogP) is 8.81. The number of ether oxygens (including phenoxy) is 4. The number of amides is 2. The average molecular weight is 1050 g/mol. The van der Waals surface area contributed by atoms with Crippen LogP contribution in [0.25, 0.3) is 6.08 Å². The molecule has 1 unspecified atom stereocenters. The monoisotopic (exact) mass is 1050 g/mol. The Morgan fingerprint density at radius 3 is 2.03 bits per heavy atom. The summed E-state index contributed by atoms with van der Waals surface area (Å²) in [6.45, 7) is 8.41. The van der Waals surface area contributed by atoms with Gasteiger partial charge in [-0.25, -0.2) is 14.5 Å². The lowest BCUT2D eigenvalue weighted by atomic mass is 9.80. The van der Waals surface area contributed by atoms with Gasteiger partial charge in [-0.05, 0) is 87.6 Å². The molecule has 400 valence electrons. The van der Waals surface area contributed by atoms with E-state index in [1.165, 1.54) is 29.3 Å². The van der Waals surface area contributed by atoms with Gasteiger partial charge >= 0.3 is 17.8 Å². The standard InChI is InChI=1S/C53H68F3N8O9P/c1-37(2)64(38(3)4)74(71-32-16-29-57)73-45-33-48(63-34-39(49(61-51(63)67)60-36-62(5)6)19-28-47(65)58-30-14-9-10-15-31-59-50(66)53(54,55)56)72-46(45)35-70-52(40-17-12-11-13-18-40,41-20-24-43(68-7)25-21-41)42-22-26-44(69-8)27-23-42/h11-13,17-28,34,36-38,45-46,48H,9-10,14-16,30-33,35H2,1-8H3,(H,58,65)(H,59,66)/t45-,46+,48+,74?/m0/s1. The van der Waals surface area contributed by atoms with Crippen LogP contribution in [0.5, 0.6) is 11.5 Å². The molecular weight excluding hydrogens is 981 g/mol. The second kappa shape index (κ2) is 28.5. The van der Waals surface area contributed by atoms with Crippen LogP contribution in [0.4, 0.5) is 19.0 Å². The zero-order valence-electron chi connectivity index (χ0n) is 43.2. The number of rotatable bonds is 28. The van der Waals surface area contributed by atoms with Crippen molar-refractivity contribution < 1.29 is 50.8 Å². The molecule has 74 heavy (non-hydrogen) atoms. The van der Waals surface area contributed by atoms with Crippen LogP contribution in [0.3, 0.4) is 0 Å². The zero-order chi connectivity index (χ0) is 53.8. The van der Waals surface area contributed by atoms with Crippen LogP contribution < -0.4 is 25.8 Å². The summed E-state index contributed by atoms with van der Waals surface area (Å²) < 4.78 is 79.5. The van der Waals surface area contributed by atoms with Gasteiger partial charge in [-0.15, -0.1) is 0 Å². The van der Waals surface area contributed by atoms with Crippen molar-refractivity contribution in [2.45, 2.75) is 109 Å². The summed E-state index contributed by atoms with van der Waals surface area (Å²) >= 11 is 0. The van der Waals surface area contributed by atoms with Gasteiger partial charge in [0.1, 0.15) is 29.4 Å². The minimum absolute atomic E-state index is 0.0179. The van der Waals surface area contributed by atoms with Crippen molar-refractivity contribution in [1.82, 2.24) is 29.8 Å². The third-order valence-electron chi connectivity index (χ3n) is 11.7. The molecule has 1 fully saturated rings. The molecule has 2 N–H and O–H groups in total. The van der Waals surface area contributed by atoms with Crippen molar-refractivity contribution in [3.05, 3.63) is 124 Å². The van der Waals surface area contributed by atoms with E-state index in [4.69, 9.17) is 28.0 Å². The van der Waals surface area contributed by atoms with Gasteiger partial charge in [0.15, 0.2) is 5.82 Å². The first-order valence-corrected chi connectivity index (χ1v) is 25.6. The highest BCUT2D eigenvalue weighted by Crippen LogP contribution is 2.51. The Morgan fingerprint density at radius 2 is 1.49 bits per heavy atom. The fraction of sp³-hybridized carbons (Fsp3) is 0.472. The van der Waals surface area contributed by atoms with Crippen LogP contribution in [0.1, 0.15) is 94.7 Å². The van der Waals surface area contributed by atoms with Crippen molar-refractivity contribution in [2.75, 3.05) is 54.6 Å². The maximum absolute atomic E-state index is 14.1. The van der Waals surface area contributed by atoms with Gasteiger partial charge in [0, 0.05) is 63.5 Å². The summed E-state index contributed by atoms with van der Waals surface area (Å²) in [5.74, 6) is -1.04. The molecule has 4 aromatic rings. The van der Waals surface area contributed by atoms with E-state index in [1.807, 2.05) is 112 Å². The second-order valence-electron chi connectivity index (χ2n) is 18.1. The van der Waals surface area contributed by atoms with E-state index >= 15 is 0 Å². The minimum atomic E-state index is -4.93. The number of benzene rings is 3. The Kier molecular flexibility index (Phi) is 22.6. The number of halogens is 3. The number of carbonyl (C=O) groups is 2. The lowest BCUT2D eigenvalue weighted by Gasteiger charge is -2.39. The number of unbranched alkanes of at least 4 members (excludes halogenated alkanes) is 3. The maximum atomic E-state index is 14.1. The van der Waals surface area contributed by atoms with E-state index in [-0.39, 0.29) is 50.5 Å². The molecule has 3 aromatic carbocycles. The number of hydrogen-bond donors (Lipinski definition) is 2. The molecule has 1 aromatic heterocycles. The fourth-order valence-electron chi connectivity index (χ4n) is 8.24. The lowest BCUT2D eigenvalue weighted by molar-refractivity contribution is -0.173. The van der Waals surface area contributed by atoms with E-state index in [0.717, 1.165) is 16.7 Å². The number of hydrogen-bond acceptors (Lipinski definition) is 13. The SMILES string of the molecule is COc1ccc(C(OC[C@H]2O[C@@H](n3cc(C=CC(=O)NCCCCCCNC(=O)C(F)(F)F)c(N=CN(C)C)nc3=O)C[C@@H]2OP(OCCC#N)N(C(C)C)C(C)C)(c2ccccc2)c2ccc(OC)cc2)cc1. The summed E-state index contributed by atoms with van der Waals surface area (Å²) in [5, 5.41) is 14.1. The Morgan fingerprint density at radius 1 is 0.905 bits per heavy atom. The first-order chi connectivity index (χ1) is 35.4. The normalized spacial score (nSPS) is 16.5. The number of nitrogens with one attached hydrogen (secondary N) is 2. The van der Waals surface area contributed by atoms with Gasteiger partial charge < -0.3 is 43.5 Å². The van der Waals surface area contributed by atoms with E-state index in [2.05, 4.69) is 26.0 Å². The number of aromatic nitrogens is 2. The third kappa shape index (κ3) is 16.4. The Labute approximate surface area is 432 Å². The molecule has 0 aliphatic carbocycles. The number of nitrogens with zero attached hydrogens (tertiary/aromatic N) is 6. The summed E-state index contributed by atoms with van der Waals surface area (Å²) in [7, 11) is 4.92. The van der Waals surface area contributed by atoms with Crippen LogP contribution in [0.15, 0.2) is 101 Å². The number of alkyl halides is 3. The molecule has 0 saturated carbocycles. The minimum Gasteiger partial charge on any atom is -0.497 e. The molecule has 1 saturated heterocycles. The smallest absolute Gasteiger partial charge is 0.471 e. The average Bonchev–Trinajstić information content (AvgIpc) is 3.78. The Bertz CT molecular complexity index is 2500. The molecule has 21 heteroatoms. The van der Waals surface area contributed by atoms with Gasteiger partial charge in [-0.3, -0.25) is 14.2 Å². The van der Waals surface area contributed by atoms with Crippen LogP contribution in [-0.2, 0) is 33.7 Å². The quantitative estimate of drug-likeness (QED) is 0.0137. The molecule has 4 atom stereocenters. The van der Waals surface area contributed by atoms with Gasteiger partial charge in [-0.2, -0.15) is 23.4 Å². The molecule has 17 nitrogen and oxygen atoms in total. The van der Waals surface area contributed by atoms with Crippen molar-refractivity contribution in [3.8, 4) is 17.6 Å². The molecule has 2 amide bonds. The fourth-order valence-corrected chi connectivity index (χ4v) is 10.00. The highest BCUT2D eigenvalue weighted by molar-refractivity contribution is 7.44. The molecule has 5 rings (SSSR count). The highest BCUT2D eigenvalue weighted by atomic mass is 31.2. The molecule has 1 aliphatic heterocycles. The van der Waals surface area contributed by atoms with E-state index in [1.54, 1.807) is 33.2 Å².